The fourth-order valence-corrected chi connectivity index (χ4v) is 1.97. The molecular formula is C14H20N2O. The fourth-order valence-electron chi connectivity index (χ4n) is 1.97. The van der Waals surface area contributed by atoms with E-state index in [1.54, 1.807) is 0 Å². The van der Waals surface area contributed by atoms with E-state index in [0.29, 0.717) is 13.0 Å². The molecule has 3 heteroatoms. The summed E-state index contributed by atoms with van der Waals surface area (Å²) >= 11 is 0. The second-order valence-electron chi connectivity index (χ2n) is 4.10. The highest BCUT2D eigenvalue weighted by Gasteiger charge is 2.16. The van der Waals surface area contributed by atoms with Gasteiger partial charge in [0.05, 0.1) is 19.1 Å². The minimum absolute atomic E-state index is 0.134. The molecule has 1 aromatic rings. The number of rotatable bonds is 7. The van der Waals surface area contributed by atoms with Crippen molar-refractivity contribution >= 4 is 0 Å². The van der Waals surface area contributed by atoms with Gasteiger partial charge in [0.15, 0.2) is 0 Å². The maximum atomic E-state index is 9.10. The van der Waals surface area contributed by atoms with Gasteiger partial charge in [-0.15, -0.1) is 0 Å². The van der Waals surface area contributed by atoms with Crippen LogP contribution in [-0.2, 0) is 6.54 Å². The largest absolute Gasteiger partial charge is 0.395 e. The Morgan fingerprint density at radius 3 is 2.59 bits per heavy atom. The first-order chi connectivity index (χ1) is 8.31. The molecule has 0 bridgehead atoms. The molecule has 1 rings (SSSR count). The number of aliphatic hydroxyl groups excluding tert-OH is 1. The SMILES string of the molecule is CCC(CC#N)N(CCO)Cc1ccccc1. The van der Waals surface area contributed by atoms with Crippen LogP contribution in [0.15, 0.2) is 30.3 Å². The molecule has 92 valence electrons. The summed E-state index contributed by atoms with van der Waals surface area (Å²) in [5.41, 5.74) is 1.22. The van der Waals surface area contributed by atoms with Crippen LogP contribution in [0.5, 0.6) is 0 Å². The molecule has 0 saturated heterocycles. The standard InChI is InChI=1S/C14H20N2O/c1-2-14(8-9-15)16(10-11-17)12-13-6-4-3-5-7-13/h3-7,14,17H,2,8,10-12H2,1H3. The van der Waals surface area contributed by atoms with Crippen LogP contribution in [0, 0.1) is 11.3 Å². The minimum atomic E-state index is 0.134. The quantitative estimate of drug-likeness (QED) is 0.783. The van der Waals surface area contributed by atoms with Gasteiger partial charge in [-0.25, -0.2) is 0 Å². The summed E-state index contributed by atoms with van der Waals surface area (Å²) in [5.74, 6) is 0. The lowest BCUT2D eigenvalue weighted by Gasteiger charge is -2.29. The van der Waals surface area contributed by atoms with Crippen LogP contribution in [0.2, 0.25) is 0 Å². The number of aliphatic hydroxyl groups is 1. The summed E-state index contributed by atoms with van der Waals surface area (Å²) < 4.78 is 0. The average molecular weight is 232 g/mol. The van der Waals surface area contributed by atoms with Gasteiger partial charge in [0.2, 0.25) is 0 Å². The third-order valence-electron chi connectivity index (χ3n) is 2.93. The highest BCUT2D eigenvalue weighted by atomic mass is 16.3. The van der Waals surface area contributed by atoms with Crippen molar-refractivity contribution < 1.29 is 5.11 Å². The van der Waals surface area contributed by atoms with E-state index in [2.05, 4.69) is 30.0 Å². The summed E-state index contributed by atoms with van der Waals surface area (Å²) in [7, 11) is 0. The lowest BCUT2D eigenvalue weighted by atomic mass is 10.1. The zero-order valence-corrected chi connectivity index (χ0v) is 10.3. The van der Waals surface area contributed by atoms with E-state index in [1.165, 1.54) is 5.56 Å². The summed E-state index contributed by atoms with van der Waals surface area (Å²) in [5, 5.41) is 17.9. The van der Waals surface area contributed by atoms with E-state index in [9.17, 15) is 0 Å². The average Bonchev–Trinajstić information content (AvgIpc) is 2.37. The Hall–Kier alpha value is -1.37. The van der Waals surface area contributed by atoms with E-state index < -0.39 is 0 Å². The normalized spacial score (nSPS) is 12.4. The molecular weight excluding hydrogens is 212 g/mol. The zero-order valence-electron chi connectivity index (χ0n) is 10.3. The van der Waals surface area contributed by atoms with E-state index >= 15 is 0 Å². The minimum Gasteiger partial charge on any atom is -0.395 e. The van der Waals surface area contributed by atoms with Gasteiger partial charge < -0.3 is 5.11 Å². The van der Waals surface area contributed by atoms with Crippen LogP contribution >= 0.6 is 0 Å². The Bertz CT molecular complexity index is 345. The molecule has 0 heterocycles. The predicted octanol–water partition coefficient (Wildman–Crippen LogP) is 2.17. The summed E-state index contributed by atoms with van der Waals surface area (Å²) in [6, 6.07) is 12.6. The van der Waals surface area contributed by atoms with E-state index in [-0.39, 0.29) is 12.6 Å². The third-order valence-corrected chi connectivity index (χ3v) is 2.93. The lowest BCUT2D eigenvalue weighted by Crippen LogP contribution is -2.36. The smallest absolute Gasteiger partial charge is 0.0638 e. The first-order valence-corrected chi connectivity index (χ1v) is 6.07. The third kappa shape index (κ3) is 4.56. The summed E-state index contributed by atoms with van der Waals surface area (Å²) in [6.45, 7) is 3.63. The second kappa shape index (κ2) is 7.83. The van der Waals surface area contributed by atoms with Crippen molar-refractivity contribution in [2.45, 2.75) is 32.4 Å². The Kier molecular flexibility index (Phi) is 6.31. The molecule has 3 nitrogen and oxygen atoms in total. The molecule has 0 aliphatic carbocycles. The Morgan fingerprint density at radius 2 is 2.06 bits per heavy atom. The molecule has 0 saturated carbocycles. The molecule has 1 N–H and O–H groups in total. The molecule has 0 amide bonds. The highest BCUT2D eigenvalue weighted by molar-refractivity contribution is 5.14. The van der Waals surface area contributed by atoms with Gasteiger partial charge in [0, 0.05) is 19.1 Å². The maximum absolute atomic E-state index is 9.10. The molecule has 1 unspecified atom stereocenters. The number of nitriles is 1. The fraction of sp³-hybridized carbons (Fsp3) is 0.500. The highest BCUT2D eigenvalue weighted by Crippen LogP contribution is 2.12. The van der Waals surface area contributed by atoms with Gasteiger partial charge in [0.25, 0.3) is 0 Å². The molecule has 0 fully saturated rings. The van der Waals surface area contributed by atoms with Crippen LogP contribution in [0.4, 0.5) is 0 Å². The van der Waals surface area contributed by atoms with Gasteiger partial charge >= 0.3 is 0 Å². The van der Waals surface area contributed by atoms with Crippen LogP contribution in [-0.4, -0.2) is 29.2 Å². The van der Waals surface area contributed by atoms with Gasteiger partial charge in [0.1, 0.15) is 0 Å². The van der Waals surface area contributed by atoms with Crippen LogP contribution in [0.3, 0.4) is 0 Å². The summed E-state index contributed by atoms with van der Waals surface area (Å²) in [4.78, 5) is 2.18. The summed E-state index contributed by atoms with van der Waals surface area (Å²) in [6.07, 6.45) is 1.45. The zero-order chi connectivity index (χ0) is 12.5. The van der Waals surface area contributed by atoms with Crippen LogP contribution in [0.25, 0.3) is 0 Å². The van der Waals surface area contributed by atoms with Crippen LogP contribution < -0.4 is 0 Å². The molecule has 17 heavy (non-hydrogen) atoms. The molecule has 1 aromatic carbocycles. The number of hydrogen-bond acceptors (Lipinski definition) is 3. The second-order valence-corrected chi connectivity index (χ2v) is 4.10. The molecule has 0 radical (unpaired) electrons. The van der Waals surface area contributed by atoms with Gasteiger partial charge in [-0.05, 0) is 12.0 Å². The number of nitrogens with zero attached hydrogens (tertiary/aromatic N) is 2. The van der Waals surface area contributed by atoms with Crippen molar-refractivity contribution in [3.05, 3.63) is 35.9 Å². The van der Waals surface area contributed by atoms with E-state index in [1.807, 2.05) is 18.2 Å². The van der Waals surface area contributed by atoms with Crippen molar-refractivity contribution in [3.63, 3.8) is 0 Å². The van der Waals surface area contributed by atoms with Crippen molar-refractivity contribution in [2.24, 2.45) is 0 Å². The molecule has 0 aromatic heterocycles. The Labute approximate surface area is 103 Å². The van der Waals surface area contributed by atoms with Gasteiger partial charge in [-0.1, -0.05) is 37.3 Å². The monoisotopic (exact) mass is 232 g/mol. The maximum Gasteiger partial charge on any atom is 0.0638 e. The van der Waals surface area contributed by atoms with E-state index in [4.69, 9.17) is 10.4 Å². The van der Waals surface area contributed by atoms with Crippen LogP contribution in [0.1, 0.15) is 25.3 Å². The Balaban J connectivity index is 2.68. The lowest BCUT2D eigenvalue weighted by molar-refractivity contribution is 0.141. The van der Waals surface area contributed by atoms with E-state index in [0.717, 1.165) is 13.0 Å². The molecule has 0 aliphatic heterocycles. The topological polar surface area (TPSA) is 47.3 Å². The first kappa shape index (κ1) is 13.7. The predicted molar refractivity (Wildman–Crippen MR) is 68.2 cm³/mol. The Morgan fingerprint density at radius 1 is 1.35 bits per heavy atom. The van der Waals surface area contributed by atoms with Gasteiger partial charge in [-0.2, -0.15) is 5.26 Å². The first-order valence-electron chi connectivity index (χ1n) is 6.07. The number of benzene rings is 1. The number of hydrogen-bond donors (Lipinski definition) is 1. The van der Waals surface area contributed by atoms with Crippen molar-refractivity contribution in [1.82, 2.24) is 4.90 Å². The van der Waals surface area contributed by atoms with Gasteiger partial charge in [-0.3, -0.25) is 4.90 Å². The molecule has 1 atom stereocenters. The van der Waals surface area contributed by atoms with Crippen molar-refractivity contribution in [1.29, 1.82) is 5.26 Å². The van der Waals surface area contributed by atoms with Crippen molar-refractivity contribution in [3.8, 4) is 6.07 Å². The molecule has 0 aliphatic rings. The molecule has 0 spiro atoms. The van der Waals surface area contributed by atoms with Crippen molar-refractivity contribution in [2.75, 3.05) is 13.2 Å².